The van der Waals surface area contributed by atoms with Crippen LogP contribution in [0.2, 0.25) is 0 Å². The van der Waals surface area contributed by atoms with Gasteiger partial charge in [-0.3, -0.25) is 10.1 Å². The maximum Gasteiger partial charge on any atom is 0.311 e. The van der Waals surface area contributed by atoms with Crippen molar-refractivity contribution in [3.05, 3.63) is 22.2 Å². The minimum absolute atomic E-state index is 0.00639. The molecule has 0 atom stereocenters. The van der Waals surface area contributed by atoms with E-state index in [9.17, 15) is 10.1 Å². The van der Waals surface area contributed by atoms with Gasteiger partial charge in [0.15, 0.2) is 0 Å². The van der Waals surface area contributed by atoms with Gasteiger partial charge in [-0.05, 0) is 24.7 Å². The number of nitrogens with one attached hydrogen (secondary N) is 1. The Labute approximate surface area is 112 Å². The maximum absolute atomic E-state index is 11.0. The molecule has 1 aromatic heterocycles. The predicted molar refractivity (Wildman–Crippen MR) is 72.5 cm³/mol. The highest BCUT2D eigenvalue weighted by molar-refractivity contribution is 5.57. The number of rotatable bonds is 7. The average molecular weight is 265 g/mol. The van der Waals surface area contributed by atoms with Crippen LogP contribution in [0, 0.1) is 15.5 Å². The predicted octanol–water partition coefficient (Wildman–Crippen LogP) is 2.99. The van der Waals surface area contributed by atoms with Crippen LogP contribution in [0.15, 0.2) is 12.1 Å². The Kier molecular flexibility index (Phi) is 3.87. The molecule has 1 aliphatic carbocycles. The number of hydrogen-bond acceptors (Lipinski definition) is 5. The van der Waals surface area contributed by atoms with Gasteiger partial charge in [0.05, 0.1) is 12.0 Å². The third kappa shape index (κ3) is 3.13. The topological polar surface area (TPSA) is 77.3 Å². The first-order valence-corrected chi connectivity index (χ1v) is 6.53. The molecule has 0 radical (unpaired) electrons. The van der Waals surface area contributed by atoms with Gasteiger partial charge in [0.1, 0.15) is 0 Å². The van der Waals surface area contributed by atoms with Gasteiger partial charge < -0.3 is 10.1 Å². The van der Waals surface area contributed by atoms with Crippen LogP contribution in [0.5, 0.6) is 5.88 Å². The average Bonchev–Trinajstić information content (AvgIpc) is 3.16. The molecule has 0 bridgehead atoms. The molecule has 104 valence electrons. The molecule has 6 heteroatoms. The van der Waals surface area contributed by atoms with Crippen LogP contribution in [-0.4, -0.2) is 23.6 Å². The van der Waals surface area contributed by atoms with Gasteiger partial charge in [-0.1, -0.05) is 13.3 Å². The van der Waals surface area contributed by atoms with Gasteiger partial charge in [-0.15, -0.1) is 0 Å². The van der Waals surface area contributed by atoms with E-state index >= 15 is 0 Å². The second-order valence-corrected chi connectivity index (χ2v) is 5.08. The molecule has 0 unspecified atom stereocenters. The fraction of sp³-hybridized carbons (Fsp3) is 0.615. The largest absolute Gasteiger partial charge is 0.481 e. The van der Waals surface area contributed by atoms with Crippen molar-refractivity contribution in [3.8, 4) is 5.88 Å². The summed E-state index contributed by atoms with van der Waals surface area (Å²) in [7, 11) is 1.50. The molecule has 19 heavy (non-hydrogen) atoms. The second-order valence-electron chi connectivity index (χ2n) is 5.08. The van der Waals surface area contributed by atoms with Crippen molar-refractivity contribution in [3.63, 3.8) is 0 Å². The van der Waals surface area contributed by atoms with Crippen molar-refractivity contribution in [2.45, 2.75) is 32.6 Å². The molecule has 1 aromatic rings. The Morgan fingerprint density at radius 1 is 1.53 bits per heavy atom. The number of methoxy groups -OCH3 is 1. The third-order valence-electron chi connectivity index (χ3n) is 3.62. The van der Waals surface area contributed by atoms with Crippen LogP contribution < -0.4 is 10.1 Å². The summed E-state index contributed by atoms with van der Waals surface area (Å²) in [5.41, 5.74) is 0.306. The zero-order chi connectivity index (χ0) is 13.9. The van der Waals surface area contributed by atoms with E-state index in [0.29, 0.717) is 17.1 Å². The lowest BCUT2D eigenvalue weighted by molar-refractivity contribution is -0.384. The number of nitro groups is 1. The number of aromatic nitrogens is 1. The van der Waals surface area contributed by atoms with Crippen molar-refractivity contribution in [2.24, 2.45) is 5.41 Å². The molecule has 2 rings (SSSR count). The lowest BCUT2D eigenvalue weighted by atomic mass is 10.0. The molecular formula is C13H19N3O3. The summed E-state index contributed by atoms with van der Waals surface area (Å²) >= 11 is 0. The number of hydrogen-bond donors (Lipinski definition) is 1. The lowest BCUT2D eigenvalue weighted by Crippen LogP contribution is -2.16. The molecule has 1 N–H and O–H groups in total. The highest BCUT2D eigenvalue weighted by Crippen LogP contribution is 2.49. The lowest BCUT2D eigenvalue weighted by Gasteiger charge is -2.15. The number of ether oxygens (including phenoxy) is 1. The second kappa shape index (κ2) is 5.42. The molecule has 1 aliphatic rings. The van der Waals surface area contributed by atoms with Crippen molar-refractivity contribution in [1.82, 2.24) is 4.98 Å². The maximum atomic E-state index is 11.0. The minimum atomic E-state index is -0.422. The highest BCUT2D eigenvalue weighted by Gasteiger charge is 2.41. The fourth-order valence-electron chi connectivity index (χ4n) is 2.32. The van der Waals surface area contributed by atoms with Gasteiger partial charge in [-0.2, -0.15) is 4.98 Å². The molecule has 0 aliphatic heterocycles. The van der Waals surface area contributed by atoms with E-state index in [1.54, 1.807) is 0 Å². The molecular weight excluding hydrogens is 246 g/mol. The van der Waals surface area contributed by atoms with Gasteiger partial charge in [0.2, 0.25) is 11.7 Å². The number of pyridine rings is 1. The summed E-state index contributed by atoms with van der Waals surface area (Å²) in [6, 6.07) is 2.93. The van der Waals surface area contributed by atoms with Gasteiger partial charge >= 0.3 is 5.69 Å². The third-order valence-corrected chi connectivity index (χ3v) is 3.62. The Balaban J connectivity index is 2.11. The highest BCUT2D eigenvalue weighted by atomic mass is 16.6. The van der Waals surface area contributed by atoms with Crippen LogP contribution in [0.25, 0.3) is 0 Å². The van der Waals surface area contributed by atoms with Crippen molar-refractivity contribution in [1.29, 1.82) is 0 Å². The number of nitrogens with zero attached hydrogens (tertiary/aromatic N) is 2. The monoisotopic (exact) mass is 265 g/mol. The van der Waals surface area contributed by atoms with Gasteiger partial charge in [-0.25, -0.2) is 0 Å². The first-order chi connectivity index (χ1) is 9.10. The standard InChI is InChI=1S/C13H19N3O3/c1-3-6-13(7-8-13)9-14-12-10(16(17)18)4-5-11(15-12)19-2/h4-5H,3,6-9H2,1-2H3,(H,14,15). The molecule has 0 aromatic carbocycles. The molecule has 1 heterocycles. The molecule has 0 spiro atoms. The Morgan fingerprint density at radius 3 is 2.79 bits per heavy atom. The van der Waals surface area contributed by atoms with Crippen LogP contribution in [0.1, 0.15) is 32.6 Å². The van der Waals surface area contributed by atoms with E-state index < -0.39 is 4.92 Å². The van der Waals surface area contributed by atoms with Crippen LogP contribution >= 0.6 is 0 Å². The van der Waals surface area contributed by atoms with E-state index in [-0.39, 0.29) is 5.69 Å². The molecule has 0 amide bonds. The zero-order valence-electron chi connectivity index (χ0n) is 11.3. The van der Waals surface area contributed by atoms with E-state index in [1.165, 1.54) is 32.1 Å². The molecule has 1 saturated carbocycles. The Bertz CT molecular complexity index is 472. The van der Waals surface area contributed by atoms with E-state index in [0.717, 1.165) is 19.4 Å². The smallest absolute Gasteiger partial charge is 0.311 e. The SMILES string of the molecule is CCCC1(CNc2nc(OC)ccc2[N+](=O)[O-])CC1. The summed E-state index contributed by atoms with van der Waals surface area (Å²) < 4.78 is 5.01. The van der Waals surface area contributed by atoms with Crippen molar-refractivity contribution in [2.75, 3.05) is 19.0 Å². The van der Waals surface area contributed by atoms with Crippen molar-refractivity contribution < 1.29 is 9.66 Å². The Hall–Kier alpha value is -1.85. The summed E-state index contributed by atoms with van der Waals surface area (Å²) in [5, 5.41) is 14.1. The molecule has 6 nitrogen and oxygen atoms in total. The van der Waals surface area contributed by atoms with Crippen LogP contribution in [0.3, 0.4) is 0 Å². The molecule has 0 saturated heterocycles. The quantitative estimate of drug-likeness (QED) is 0.605. The van der Waals surface area contributed by atoms with E-state index in [2.05, 4.69) is 17.2 Å². The first kappa shape index (κ1) is 13.6. The van der Waals surface area contributed by atoms with Crippen LogP contribution in [-0.2, 0) is 0 Å². The number of anilines is 1. The molecule has 1 fully saturated rings. The zero-order valence-corrected chi connectivity index (χ0v) is 11.3. The summed E-state index contributed by atoms with van der Waals surface area (Å²) in [4.78, 5) is 14.7. The minimum Gasteiger partial charge on any atom is -0.481 e. The summed E-state index contributed by atoms with van der Waals surface area (Å²) in [6.45, 7) is 2.90. The van der Waals surface area contributed by atoms with E-state index in [1.807, 2.05) is 0 Å². The van der Waals surface area contributed by atoms with Crippen molar-refractivity contribution >= 4 is 11.5 Å². The van der Waals surface area contributed by atoms with Gasteiger partial charge in [0, 0.05) is 18.7 Å². The fourth-order valence-corrected chi connectivity index (χ4v) is 2.32. The summed E-state index contributed by atoms with van der Waals surface area (Å²) in [5.74, 6) is 0.681. The van der Waals surface area contributed by atoms with Crippen LogP contribution in [0.4, 0.5) is 11.5 Å². The first-order valence-electron chi connectivity index (χ1n) is 6.53. The van der Waals surface area contributed by atoms with E-state index in [4.69, 9.17) is 4.74 Å². The summed E-state index contributed by atoms with van der Waals surface area (Å²) in [6.07, 6.45) is 4.66. The normalized spacial score (nSPS) is 15.9. The Morgan fingerprint density at radius 2 is 2.26 bits per heavy atom. The van der Waals surface area contributed by atoms with Gasteiger partial charge in [0.25, 0.3) is 0 Å².